The molecule has 13 heteroatoms. The highest BCUT2D eigenvalue weighted by atomic mass is 35.5. The summed E-state index contributed by atoms with van der Waals surface area (Å²) >= 11 is 5.02. The molecule has 202 valence electrons. The van der Waals surface area contributed by atoms with Gasteiger partial charge >= 0.3 is 0 Å². The summed E-state index contributed by atoms with van der Waals surface area (Å²) in [6.45, 7) is 7.28. The molecular formula is C25H28ClFN6O4S. The lowest BCUT2D eigenvalue weighted by Crippen LogP contribution is -2.31. The number of anilines is 3. The first-order valence-electron chi connectivity index (χ1n) is 12.0. The van der Waals surface area contributed by atoms with Crippen LogP contribution in [-0.2, 0) is 18.2 Å². The van der Waals surface area contributed by atoms with Gasteiger partial charge in [-0.25, -0.2) is 13.6 Å². The highest BCUT2D eigenvalue weighted by Gasteiger charge is 2.33. The third-order valence-electron chi connectivity index (χ3n) is 5.80. The summed E-state index contributed by atoms with van der Waals surface area (Å²) in [5.41, 5.74) is 0.957. The molecule has 0 radical (unpaired) electrons. The Morgan fingerprint density at radius 1 is 1.26 bits per heavy atom. The fourth-order valence-electron chi connectivity index (χ4n) is 3.63. The Kier molecular flexibility index (Phi) is 8.05. The summed E-state index contributed by atoms with van der Waals surface area (Å²) in [4.78, 5) is 33.3. The second kappa shape index (κ2) is 11.1. The maximum Gasteiger partial charge on any atom is 0.259 e. The minimum atomic E-state index is -1.34. The molecule has 38 heavy (non-hydrogen) atoms. The molecule has 3 N–H and O–H groups in total. The van der Waals surface area contributed by atoms with Crippen molar-refractivity contribution in [3.63, 3.8) is 0 Å². The molecule has 1 unspecified atom stereocenters. The van der Waals surface area contributed by atoms with Gasteiger partial charge in [-0.3, -0.25) is 14.2 Å². The number of halogens is 2. The zero-order valence-electron chi connectivity index (χ0n) is 21.5. The molecule has 1 saturated heterocycles. The second-order valence-corrected chi connectivity index (χ2v) is 10.1. The molecule has 2 aromatic heterocycles. The fraction of sp³-hybridized carbons (Fsp3) is 0.320. The number of aryl methyl sites for hydroxylation is 1. The number of nitrogens with one attached hydrogen (secondary N) is 3. The first kappa shape index (κ1) is 27.6. The lowest BCUT2D eigenvalue weighted by molar-refractivity contribution is 0.0948. The molecule has 1 aromatic carbocycles. The van der Waals surface area contributed by atoms with Crippen LogP contribution < -0.4 is 30.2 Å². The number of carbonyl (C=O) groups is 1. The molecule has 2 fully saturated rings. The van der Waals surface area contributed by atoms with E-state index in [-0.39, 0.29) is 45.3 Å². The summed E-state index contributed by atoms with van der Waals surface area (Å²) in [6.07, 6.45) is 3.06. The van der Waals surface area contributed by atoms with Gasteiger partial charge in [-0.1, -0.05) is 31.5 Å². The van der Waals surface area contributed by atoms with Crippen LogP contribution in [0.25, 0.3) is 0 Å². The average molecular weight is 563 g/mol. The number of nitrogens with zero attached hydrogens (tertiary/aromatic N) is 3. The summed E-state index contributed by atoms with van der Waals surface area (Å²) in [6, 6.07) is 6.08. The SMILES string of the molecule is CC.Cc1ccc(Nc2c(C(=O)NC3CC3)c(Oc3ncc(N4NS4=O)cc3Cl)c(C)c(=O)n2C)c(F)c1. The summed E-state index contributed by atoms with van der Waals surface area (Å²) in [5.74, 6) is -1.09. The number of hydrazine groups is 1. The number of amides is 1. The first-order valence-corrected chi connectivity index (χ1v) is 13.5. The second-order valence-electron chi connectivity index (χ2n) is 8.62. The fourth-order valence-corrected chi connectivity index (χ4v) is 4.43. The van der Waals surface area contributed by atoms with E-state index in [0.717, 1.165) is 18.4 Å². The smallest absolute Gasteiger partial charge is 0.259 e. The van der Waals surface area contributed by atoms with E-state index in [9.17, 15) is 18.2 Å². The van der Waals surface area contributed by atoms with E-state index in [1.54, 1.807) is 13.0 Å². The van der Waals surface area contributed by atoms with E-state index in [4.69, 9.17) is 16.3 Å². The van der Waals surface area contributed by atoms with Crippen molar-refractivity contribution in [3.05, 3.63) is 68.3 Å². The van der Waals surface area contributed by atoms with Gasteiger partial charge in [0.15, 0.2) is 5.75 Å². The maximum absolute atomic E-state index is 14.7. The lowest BCUT2D eigenvalue weighted by Gasteiger charge is -2.21. The van der Waals surface area contributed by atoms with Crippen LogP contribution in [0.3, 0.4) is 0 Å². The predicted octanol–water partition coefficient (Wildman–Crippen LogP) is 4.55. The van der Waals surface area contributed by atoms with Gasteiger partial charge in [0.1, 0.15) is 22.2 Å². The van der Waals surface area contributed by atoms with Gasteiger partial charge in [0, 0.05) is 13.1 Å². The van der Waals surface area contributed by atoms with Gasteiger partial charge in [0.2, 0.25) is 17.1 Å². The van der Waals surface area contributed by atoms with Crippen LogP contribution in [-0.4, -0.2) is 25.7 Å². The number of hydrogen-bond acceptors (Lipinski definition) is 6. The van der Waals surface area contributed by atoms with Gasteiger partial charge < -0.3 is 15.4 Å². The van der Waals surface area contributed by atoms with Crippen molar-refractivity contribution in [3.8, 4) is 11.6 Å². The van der Waals surface area contributed by atoms with Crippen LogP contribution in [0.15, 0.2) is 35.3 Å². The standard InChI is InChI=1S/C23H22ClFN6O4S.C2H6/c1-11-4-7-17(16(25)8-11)28-20-18(21(32)27-13-5-6-13)19(12(2)23(33)30(20)3)35-22-15(24)9-14(10-26-22)31-29-36(31)34;1-2/h4,7-10,13,28-29H,5-6H2,1-3H3,(H,27,32);1-2H3. The Morgan fingerprint density at radius 3 is 2.53 bits per heavy atom. The zero-order valence-corrected chi connectivity index (χ0v) is 23.1. The molecule has 2 aliphatic rings. The molecule has 3 aromatic rings. The Balaban J connectivity index is 0.00000164. The van der Waals surface area contributed by atoms with Crippen molar-refractivity contribution in [1.29, 1.82) is 0 Å². The molecule has 1 saturated carbocycles. The summed E-state index contributed by atoms with van der Waals surface area (Å²) in [7, 11) is 1.48. The number of carbonyl (C=O) groups excluding carboxylic acids is 1. The molecule has 0 bridgehead atoms. The van der Waals surface area contributed by atoms with Crippen LogP contribution in [0.2, 0.25) is 5.02 Å². The largest absolute Gasteiger partial charge is 0.436 e. The van der Waals surface area contributed by atoms with E-state index >= 15 is 0 Å². The van der Waals surface area contributed by atoms with Crippen LogP contribution in [0.5, 0.6) is 11.6 Å². The van der Waals surface area contributed by atoms with Crippen LogP contribution >= 0.6 is 11.6 Å². The van der Waals surface area contributed by atoms with Crippen molar-refractivity contribution in [1.82, 2.24) is 19.7 Å². The van der Waals surface area contributed by atoms with Crippen molar-refractivity contribution in [2.45, 2.75) is 46.6 Å². The topological polar surface area (TPSA) is 127 Å². The first-order chi connectivity index (χ1) is 18.1. The third kappa shape index (κ3) is 5.66. The third-order valence-corrected chi connectivity index (χ3v) is 6.87. The van der Waals surface area contributed by atoms with Crippen molar-refractivity contribution < 1.29 is 18.1 Å². The average Bonchev–Trinajstić information content (AvgIpc) is 3.82. The molecule has 1 aliphatic heterocycles. The number of benzene rings is 1. The quantitative estimate of drug-likeness (QED) is 0.363. The van der Waals surface area contributed by atoms with Gasteiger partial charge in [-0.15, -0.1) is 4.83 Å². The molecule has 1 atom stereocenters. The highest BCUT2D eigenvalue weighted by Crippen LogP contribution is 2.37. The highest BCUT2D eigenvalue weighted by molar-refractivity contribution is 7.91. The predicted molar refractivity (Wildman–Crippen MR) is 146 cm³/mol. The Morgan fingerprint density at radius 2 is 1.95 bits per heavy atom. The van der Waals surface area contributed by atoms with E-state index < -0.39 is 28.5 Å². The maximum atomic E-state index is 14.7. The zero-order chi connectivity index (χ0) is 27.7. The van der Waals surface area contributed by atoms with E-state index in [1.807, 2.05) is 13.8 Å². The van der Waals surface area contributed by atoms with E-state index in [0.29, 0.717) is 5.69 Å². The van der Waals surface area contributed by atoms with Crippen LogP contribution in [0, 0.1) is 19.7 Å². The molecule has 5 rings (SSSR count). The number of hydrogen-bond donors (Lipinski definition) is 3. The molecule has 0 spiro atoms. The summed E-state index contributed by atoms with van der Waals surface area (Å²) < 4.78 is 34.7. The summed E-state index contributed by atoms with van der Waals surface area (Å²) in [5, 5.41) is 5.88. The number of pyridine rings is 2. The minimum Gasteiger partial charge on any atom is -0.436 e. The van der Waals surface area contributed by atoms with Crippen LogP contribution in [0.1, 0.15) is 48.2 Å². The van der Waals surface area contributed by atoms with Gasteiger partial charge in [-0.05, 0) is 50.5 Å². The van der Waals surface area contributed by atoms with E-state index in [1.165, 1.54) is 47.3 Å². The lowest BCUT2D eigenvalue weighted by atomic mass is 10.1. The van der Waals surface area contributed by atoms with Crippen molar-refractivity contribution in [2.24, 2.45) is 7.05 Å². The molecule has 3 heterocycles. The number of aromatic nitrogens is 2. The van der Waals surface area contributed by atoms with Crippen molar-refractivity contribution in [2.75, 3.05) is 9.73 Å². The van der Waals surface area contributed by atoms with Crippen LogP contribution in [0.4, 0.5) is 21.6 Å². The molecule has 1 aliphatic carbocycles. The monoisotopic (exact) mass is 562 g/mol. The Labute approximate surface area is 226 Å². The van der Waals surface area contributed by atoms with Crippen molar-refractivity contribution >= 4 is 45.9 Å². The van der Waals surface area contributed by atoms with Gasteiger partial charge in [0.05, 0.1) is 23.1 Å². The molecule has 10 nitrogen and oxygen atoms in total. The Hall–Kier alpha value is -3.48. The van der Waals surface area contributed by atoms with Gasteiger partial charge in [0.25, 0.3) is 11.5 Å². The normalized spacial score (nSPS) is 15.9. The number of rotatable bonds is 7. The number of ether oxygens (including phenoxy) is 1. The Bertz CT molecular complexity index is 1490. The molecule has 1 amide bonds. The molecular weight excluding hydrogens is 535 g/mol. The minimum absolute atomic E-state index is 0.00816. The van der Waals surface area contributed by atoms with E-state index in [2.05, 4.69) is 20.4 Å². The van der Waals surface area contributed by atoms with Gasteiger partial charge in [-0.2, -0.15) is 4.41 Å².